The first-order valence-corrected chi connectivity index (χ1v) is 10.3. The fourth-order valence-corrected chi connectivity index (χ4v) is 4.34. The summed E-state index contributed by atoms with van der Waals surface area (Å²) in [7, 11) is -1.04. The number of carbonyl (C=O) groups is 2. The molecule has 0 fully saturated rings. The van der Waals surface area contributed by atoms with Crippen LogP contribution in [0.25, 0.3) is 0 Å². The molecule has 11 heteroatoms. The van der Waals surface area contributed by atoms with E-state index in [4.69, 9.17) is 4.74 Å². The molecule has 0 saturated heterocycles. The third kappa shape index (κ3) is 4.25. The molecule has 146 valence electrons. The van der Waals surface area contributed by atoms with Gasteiger partial charge >= 0.3 is 0 Å². The topological polar surface area (TPSA) is 112 Å². The van der Waals surface area contributed by atoms with Gasteiger partial charge in [-0.2, -0.15) is 9.46 Å². The third-order valence-electron chi connectivity index (χ3n) is 4.27. The first-order chi connectivity index (χ1) is 12.8. The van der Waals surface area contributed by atoms with Crippen molar-refractivity contribution < 1.29 is 18.5 Å². The maximum absolute atomic E-state index is 12.8. The van der Waals surface area contributed by atoms with Crippen LogP contribution in [-0.4, -0.2) is 59.7 Å². The maximum atomic E-state index is 12.8. The predicted molar refractivity (Wildman–Crippen MR) is 95.9 cm³/mol. The molecule has 0 aliphatic carbocycles. The van der Waals surface area contributed by atoms with E-state index in [9.17, 15) is 13.8 Å². The molecule has 0 saturated carbocycles. The molecule has 2 amide bonds. The zero-order chi connectivity index (χ0) is 19.6. The van der Waals surface area contributed by atoms with Crippen molar-refractivity contribution in [3.05, 3.63) is 30.1 Å². The van der Waals surface area contributed by atoms with Crippen molar-refractivity contribution in [3.63, 3.8) is 0 Å². The van der Waals surface area contributed by atoms with Gasteiger partial charge in [-0.15, -0.1) is 0 Å². The Labute approximate surface area is 157 Å². The molecule has 0 N–H and O–H groups in total. The van der Waals surface area contributed by atoms with Gasteiger partial charge in [-0.25, -0.2) is 9.19 Å². The quantitative estimate of drug-likeness (QED) is 0.715. The first-order valence-electron chi connectivity index (χ1n) is 8.37. The van der Waals surface area contributed by atoms with Gasteiger partial charge in [0.05, 0.1) is 39.6 Å². The molecule has 0 spiro atoms. The van der Waals surface area contributed by atoms with E-state index >= 15 is 0 Å². The summed E-state index contributed by atoms with van der Waals surface area (Å²) < 4.78 is 25.5. The summed E-state index contributed by atoms with van der Waals surface area (Å²) in [6.07, 6.45) is 6.35. The lowest BCUT2D eigenvalue weighted by Crippen LogP contribution is -2.40. The minimum atomic E-state index is -2.90. The number of aromatic nitrogens is 4. The van der Waals surface area contributed by atoms with Crippen LogP contribution in [-0.2, 0) is 50.8 Å². The van der Waals surface area contributed by atoms with Crippen molar-refractivity contribution in [1.29, 1.82) is 0 Å². The summed E-state index contributed by atoms with van der Waals surface area (Å²) in [5.74, 6) is 0.0565. The Morgan fingerprint density at radius 3 is 2.81 bits per heavy atom. The van der Waals surface area contributed by atoms with Crippen LogP contribution in [0.1, 0.15) is 18.4 Å². The Kier molecular flexibility index (Phi) is 5.42. The normalized spacial score (nSPS) is 15.9. The molecule has 1 aliphatic rings. The Morgan fingerprint density at radius 1 is 1.37 bits per heavy atom. The van der Waals surface area contributed by atoms with E-state index in [1.54, 1.807) is 15.8 Å². The average Bonchev–Trinajstić information content (AvgIpc) is 3.19. The number of nitrogens with zero attached hydrogens (tertiary/aromatic N) is 6. The number of rotatable bonds is 5. The van der Waals surface area contributed by atoms with Gasteiger partial charge in [0.25, 0.3) is 5.91 Å². The van der Waals surface area contributed by atoms with Crippen molar-refractivity contribution in [2.45, 2.75) is 31.5 Å². The summed E-state index contributed by atoms with van der Waals surface area (Å²) in [6, 6.07) is 0. The first kappa shape index (κ1) is 19.2. The highest BCUT2D eigenvalue weighted by atomic mass is 32.2. The van der Waals surface area contributed by atoms with Gasteiger partial charge in [0.15, 0.2) is 0 Å². The SMILES string of the molecule is CC(=O)N=S(C)(=O)c1cnn2c1CN(C(=O)COCc1nccn1C)CC2. The average molecular weight is 394 g/mol. The minimum Gasteiger partial charge on any atom is -0.364 e. The lowest BCUT2D eigenvalue weighted by atomic mass is 10.3. The summed E-state index contributed by atoms with van der Waals surface area (Å²) in [5.41, 5.74) is 0.635. The van der Waals surface area contributed by atoms with Crippen molar-refractivity contribution >= 4 is 21.5 Å². The Morgan fingerprint density at radius 2 is 2.15 bits per heavy atom. The van der Waals surface area contributed by atoms with Crippen molar-refractivity contribution in [2.75, 3.05) is 19.4 Å². The number of amides is 2. The van der Waals surface area contributed by atoms with Crippen LogP contribution in [0.2, 0.25) is 0 Å². The number of hydrogen-bond acceptors (Lipinski definition) is 6. The van der Waals surface area contributed by atoms with Crippen molar-refractivity contribution in [1.82, 2.24) is 24.2 Å². The second-order valence-electron chi connectivity index (χ2n) is 6.35. The number of hydrogen-bond donors (Lipinski definition) is 0. The molecule has 1 atom stereocenters. The van der Waals surface area contributed by atoms with Gasteiger partial charge in [-0.1, -0.05) is 0 Å². The van der Waals surface area contributed by atoms with Crippen molar-refractivity contribution in [3.8, 4) is 0 Å². The van der Waals surface area contributed by atoms with Gasteiger partial charge in [0.1, 0.15) is 19.0 Å². The largest absolute Gasteiger partial charge is 0.364 e. The summed E-state index contributed by atoms with van der Waals surface area (Å²) in [5, 5.41) is 4.22. The van der Waals surface area contributed by atoms with Crippen LogP contribution in [0, 0.1) is 0 Å². The maximum Gasteiger partial charge on any atom is 0.250 e. The zero-order valence-corrected chi connectivity index (χ0v) is 16.3. The molecule has 3 heterocycles. The molecular weight excluding hydrogens is 372 g/mol. The summed E-state index contributed by atoms with van der Waals surface area (Å²) in [6.45, 7) is 2.64. The van der Waals surface area contributed by atoms with E-state index < -0.39 is 15.6 Å². The number of imidazole rings is 1. The predicted octanol–water partition coefficient (Wildman–Crippen LogP) is 0.179. The lowest BCUT2D eigenvalue weighted by molar-refractivity contribution is -0.138. The minimum absolute atomic E-state index is 0.0738. The van der Waals surface area contributed by atoms with Gasteiger partial charge in [-0.05, 0) is 0 Å². The van der Waals surface area contributed by atoms with Gasteiger partial charge in [0.2, 0.25) is 5.91 Å². The zero-order valence-electron chi connectivity index (χ0n) is 15.5. The van der Waals surface area contributed by atoms with E-state index in [1.807, 2.05) is 17.8 Å². The third-order valence-corrected chi connectivity index (χ3v) is 6.04. The second-order valence-corrected chi connectivity index (χ2v) is 8.58. The number of aryl methyl sites for hydroxylation is 1. The van der Waals surface area contributed by atoms with Crippen LogP contribution in [0.4, 0.5) is 0 Å². The molecular formula is C16H22N6O4S. The monoisotopic (exact) mass is 394 g/mol. The fraction of sp³-hybridized carbons (Fsp3) is 0.500. The number of ether oxygens (including phenoxy) is 1. The van der Waals surface area contributed by atoms with E-state index in [1.165, 1.54) is 19.4 Å². The molecule has 10 nitrogen and oxygen atoms in total. The molecule has 0 aromatic carbocycles. The smallest absolute Gasteiger partial charge is 0.250 e. The van der Waals surface area contributed by atoms with Crippen molar-refractivity contribution in [2.24, 2.45) is 11.4 Å². The van der Waals surface area contributed by atoms with Crippen LogP contribution in [0.5, 0.6) is 0 Å². The molecule has 1 unspecified atom stereocenters. The molecule has 0 bridgehead atoms. The Hall–Kier alpha value is -2.53. The van der Waals surface area contributed by atoms with E-state index in [0.717, 1.165) is 5.82 Å². The molecule has 3 rings (SSSR count). The van der Waals surface area contributed by atoms with Crippen LogP contribution < -0.4 is 0 Å². The van der Waals surface area contributed by atoms with Crippen LogP contribution >= 0.6 is 0 Å². The molecule has 1 aliphatic heterocycles. The number of carbonyl (C=O) groups excluding carboxylic acids is 2. The highest BCUT2D eigenvalue weighted by Gasteiger charge is 2.27. The molecule has 2 aromatic heterocycles. The summed E-state index contributed by atoms with van der Waals surface area (Å²) in [4.78, 5) is 29.9. The highest BCUT2D eigenvalue weighted by molar-refractivity contribution is 7.93. The Balaban J connectivity index is 1.68. The summed E-state index contributed by atoms with van der Waals surface area (Å²) >= 11 is 0. The fourth-order valence-electron chi connectivity index (χ4n) is 2.90. The molecule has 27 heavy (non-hydrogen) atoms. The van der Waals surface area contributed by atoms with Gasteiger partial charge < -0.3 is 14.2 Å². The molecule has 0 radical (unpaired) electrons. The highest BCUT2D eigenvalue weighted by Crippen LogP contribution is 2.22. The van der Waals surface area contributed by atoms with E-state index in [0.29, 0.717) is 23.7 Å². The van der Waals surface area contributed by atoms with Crippen LogP contribution in [0.15, 0.2) is 27.8 Å². The Bertz CT molecular complexity index is 985. The molecule has 2 aromatic rings. The van der Waals surface area contributed by atoms with E-state index in [-0.39, 0.29) is 25.7 Å². The van der Waals surface area contributed by atoms with E-state index in [2.05, 4.69) is 14.4 Å². The van der Waals surface area contributed by atoms with Crippen LogP contribution in [0.3, 0.4) is 0 Å². The van der Waals surface area contributed by atoms with Gasteiger partial charge in [0, 0.05) is 39.2 Å². The second kappa shape index (κ2) is 7.61. The van der Waals surface area contributed by atoms with Gasteiger partial charge in [-0.3, -0.25) is 14.3 Å². The standard InChI is InChI=1S/C16H22N6O4S/c1-12(23)19-27(3,25)14-8-18-22-7-6-21(9-13(14)22)16(24)11-26-10-15-17-4-5-20(15)2/h4-5,8H,6-7,9-11H2,1-3H3. The lowest BCUT2D eigenvalue weighted by Gasteiger charge is -2.28. The number of fused-ring (bicyclic) bond motifs is 1.